The minimum absolute atomic E-state index is 0.213. The highest BCUT2D eigenvalue weighted by atomic mass is 32.2. The molecule has 0 aromatic heterocycles. The monoisotopic (exact) mass is 257 g/mol. The van der Waals surface area contributed by atoms with Crippen molar-refractivity contribution in [3.05, 3.63) is 29.8 Å². The van der Waals surface area contributed by atoms with Crippen LogP contribution in [-0.4, -0.2) is 21.6 Å². The quantitative estimate of drug-likeness (QED) is 0.786. The molecule has 0 unspecified atom stereocenters. The zero-order chi connectivity index (χ0) is 12.9. The number of aryl methyl sites for hydroxylation is 1. The lowest BCUT2D eigenvalue weighted by Crippen LogP contribution is -2.32. The van der Waals surface area contributed by atoms with E-state index in [2.05, 4.69) is 0 Å². The Hall–Kier alpha value is -1.07. The second kappa shape index (κ2) is 6.02. The van der Waals surface area contributed by atoms with Gasteiger partial charge < -0.3 is 0 Å². The van der Waals surface area contributed by atoms with Crippen LogP contribution in [0, 0.1) is 6.92 Å². The van der Waals surface area contributed by atoms with Gasteiger partial charge in [0.1, 0.15) is 0 Å². The van der Waals surface area contributed by atoms with Crippen molar-refractivity contribution in [3.63, 3.8) is 0 Å². The molecule has 0 amide bonds. The van der Waals surface area contributed by atoms with Crippen LogP contribution in [0.15, 0.2) is 24.3 Å². The van der Waals surface area contributed by atoms with E-state index in [0.29, 0.717) is 18.7 Å². The highest BCUT2D eigenvalue weighted by molar-refractivity contribution is 7.88. The SMILES string of the molecule is CCCOS(=O)(=O)N(CC)c1cccc(C)c1. The predicted molar refractivity (Wildman–Crippen MR) is 69.4 cm³/mol. The molecule has 5 heteroatoms. The molecule has 96 valence electrons. The van der Waals surface area contributed by atoms with Gasteiger partial charge in [0, 0.05) is 6.54 Å². The molecule has 0 heterocycles. The van der Waals surface area contributed by atoms with E-state index in [9.17, 15) is 8.42 Å². The van der Waals surface area contributed by atoms with E-state index in [1.165, 1.54) is 4.31 Å². The summed E-state index contributed by atoms with van der Waals surface area (Å²) in [5.41, 5.74) is 1.66. The minimum atomic E-state index is -3.67. The van der Waals surface area contributed by atoms with Gasteiger partial charge in [0.2, 0.25) is 0 Å². The minimum Gasteiger partial charge on any atom is -0.254 e. The van der Waals surface area contributed by atoms with Gasteiger partial charge in [-0.2, -0.15) is 8.42 Å². The second-order valence-corrected chi connectivity index (χ2v) is 5.32. The van der Waals surface area contributed by atoms with Crippen molar-refractivity contribution in [2.75, 3.05) is 17.5 Å². The summed E-state index contributed by atoms with van der Waals surface area (Å²) < 4.78 is 30.1. The Balaban J connectivity index is 2.99. The van der Waals surface area contributed by atoms with Crippen molar-refractivity contribution in [1.82, 2.24) is 0 Å². The molecule has 0 bridgehead atoms. The van der Waals surface area contributed by atoms with Crippen LogP contribution < -0.4 is 4.31 Å². The maximum atomic E-state index is 11.9. The molecule has 4 nitrogen and oxygen atoms in total. The van der Waals surface area contributed by atoms with Crippen LogP contribution in [-0.2, 0) is 14.5 Å². The van der Waals surface area contributed by atoms with Gasteiger partial charge in [-0.05, 0) is 38.0 Å². The van der Waals surface area contributed by atoms with E-state index in [4.69, 9.17) is 4.18 Å². The van der Waals surface area contributed by atoms with Crippen LogP contribution in [0.1, 0.15) is 25.8 Å². The number of nitrogens with zero attached hydrogens (tertiary/aromatic N) is 1. The van der Waals surface area contributed by atoms with Crippen molar-refractivity contribution < 1.29 is 12.6 Å². The average molecular weight is 257 g/mol. The van der Waals surface area contributed by atoms with Crippen LogP contribution in [0.25, 0.3) is 0 Å². The normalized spacial score (nSPS) is 11.5. The van der Waals surface area contributed by atoms with Crippen LogP contribution >= 0.6 is 0 Å². The maximum absolute atomic E-state index is 11.9. The maximum Gasteiger partial charge on any atom is 0.362 e. The second-order valence-electron chi connectivity index (χ2n) is 3.78. The van der Waals surface area contributed by atoms with E-state index in [1.54, 1.807) is 13.0 Å². The summed E-state index contributed by atoms with van der Waals surface area (Å²) in [4.78, 5) is 0. The van der Waals surface area contributed by atoms with Crippen LogP contribution in [0.3, 0.4) is 0 Å². The molecule has 0 atom stereocenters. The largest absolute Gasteiger partial charge is 0.362 e. The van der Waals surface area contributed by atoms with Crippen molar-refractivity contribution in [1.29, 1.82) is 0 Å². The molecule has 1 rings (SSSR count). The smallest absolute Gasteiger partial charge is 0.254 e. The van der Waals surface area contributed by atoms with Gasteiger partial charge in [0.15, 0.2) is 0 Å². The lowest BCUT2D eigenvalue weighted by Gasteiger charge is -2.22. The average Bonchev–Trinajstić information content (AvgIpc) is 2.27. The molecular weight excluding hydrogens is 238 g/mol. The van der Waals surface area contributed by atoms with Gasteiger partial charge in [-0.3, -0.25) is 4.18 Å². The summed E-state index contributed by atoms with van der Waals surface area (Å²) >= 11 is 0. The standard InChI is InChI=1S/C12H19NO3S/c1-4-9-16-17(14,15)13(5-2)12-8-6-7-11(3)10-12/h6-8,10H,4-5,9H2,1-3H3. The summed E-state index contributed by atoms with van der Waals surface area (Å²) in [6.45, 7) is 6.16. The van der Waals surface area contributed by atoms with Crippen LogP contribution in [0.4, 0.5) is 5.69 Å². The molecule has 0 fully saturated rings. The van der Waals surface area contributed by atoms with Gasteiger partial charge in [0.25, 0.3) is 0 Å². The molecule has 0 aliphatic rings. The fourth-order valence-corrected chi connectivity index (χ4v) is 2.70. The van der Waals surface area contributed by atoms with Crippen molar-refractivity contribution >= 4 is 16.0 Å². The molecule has 1 aromatic rings. The third-order valence-corrected chi connectivity index (χ3v) is 3.76. The third-order valence-electron chi connectivity index (χ3n) is 2.28. The molecule has 0 aliphatic heterocycles. The molecule has 1 aromatic carbocycles. The third kappa shape index (κ3) is 3.71. The van der Waals surface area contributed by atoms with E-state index in [0.717, 1.165) is 5.56 Å². The van der Waals surface area contributed by atoms with E-state index in [-0.39, 0.29) is 6.61 Å². The summed E-state index contributed by atoms with van der Waals surface area (Å²) in [6, 6.07) is 7.36. The van der Waals surface area contributed by atoms with Gasteiger partial charge in [-0.1, -0.05) is 19.1 Å². The Morgan fingerprint density at radius 2 is 2.00 bits per heavy atom. The molecule has 0 radical (unpaired) electrons. The fourth-order valence-electron chi connectivity index (χ4n) is 1.51. The molecule has 0 saturated heterocycles. The summed E-state index contributed by atoms with van der Waals surface area (Å²) in [5, 5.41) is 0. The number of benzene rings is 1. The Morgan fingerprint density at radius 1 is 1.29 bits per heavy atom. The first-order valence-corrected chi connectivity index (χ1v) is 7.11. The number of hydrogen-bond donors (Lipinski definition) is 0. The van der Waals surface area contributed by atoms with Crippen molar-refractivity contribution in [3.8, 4) is 0 Å². The molecule has 0 saturated carbocycles. The number of rotatable bonds is 6. The first kappa shape index (κ1) is 14.0. The predicted octanol–water partition coefficient (Wildman–Crippen LogP) is 2.49. The Bertz CT molecular complexity index is 457. The molecular formula is C12H19NO3S. The van der Waals surface area contributed by atoms with Crippen molar-refractivity contribution in [2.45, 2.75) is 27.2 Å². The molecule has 17 heavy (non-hydrogen) atoms. The van der Waals surface area contributed by atoms with Gasteiger partial charge >= 0.3 is 10.3 Å². The first-order valence-electron chi connectivity index (χ1n) is 5.75. The summed E-state index contributed by atoms with van der Waals surface area (Å²) in [6.07, 6.45) is 0.671. The van der Waals surface area contributed by atoms with Gasteiger partial charge in [0.05, 0.1) is 12.3 Å². The zero-order valence-corrected chi connectivity index (χ0v) is 11.3. The molecule has 0 spiro atoms. The highest BCUT2D eigenvalue weighted by Gasteiger charge is 2.21. The van der Waals surface area contributed by atoms with E-state index < -0.39 is 10.3 Å². The Labute approximate surface area is 103 Å². The number of hydrogen-bond acceptors (Lipinski definition) is 3. The van der Waals surface area contributed by atoms with E-state index >= 15 is 0 Å². The highest BCUT2D eigenvalue weighted by Crippen LogP contribution is 2.19. The lowest BCUT2D eigenvalue weighted by atomic mass is 10.2. The van der Waals surface area contributed by atoms with E-state index in [1.807, 2.05) is 32.0 Å². The molecule has 0 aliphatic carbocycles. The van der Waals surface area contributed by atoms with Crippen LogP contribution in [0.2, 0.25) is 0 Å². The number of anilines is 1. The van der Waals surface area contributed by atoms with Crippen molar-refractivity contribution in [2.24, 2.45) is 0 Å². The summed E-state index contributed by atoms with van der Waals surface area (Å²) in [7, 11) is -3.67. The Kier molecular flexibility index (Phi) is 4.96. The molecule has 0 N–H and O–H groups in total. The van der Waals surface area contributed by atoms with Crippen LogP contribution in [0.5, 0.6) is 0 Å². The first-order chi connectivity index (χ1) is 8.01. The topological polar surface area (TPSA) is 46.6 Å². The zero-order valence-electron chi connectivity index (χ0n) is 10.5. The Morgan fingerprint density at radius 3 is 2.53 bits per heavy atom. The summed E-state index contributed by atoms with van der Waals surface area (Å²) in [5.74, 6) is 0. The fraction of sp³-hybridized carbons (Fsp3) is 0.500. The van der Waals surface area contributed by atoms with Gasteiger partial charge in [-0.15, -0.1) is 0 Å². The lowest BCUT2D eigenvalue weighted by molar-refractivity contribution is 0.316. The van der Waals surface area contributed by atoms with Gasteiger partial charge in [-0.25, -0.2) is 4.31 Å².